The Kier molecular flexibility index (Phi) is 3.00. The van der Waals surface area contributed by atoms with Gasteiger partial charge in [-0.25, -0.2) is 0 Å². The predicted molar refractivity (Wildman–Crippen MR) is 75.1 cm³/mol. The summed E-state index contributed by atoms with van der Waals surface area (Å²) in [7, 11) is 0.972. The van der Waals surface area contributed by atoms with Gasteiger partial charge in [-0.3, -0.25) is 0 Å². The van der Waals surface area contributed by atoms with Crippen molar-refractivity contribution in [2.24, 2.45) is 0 Å². The number of aromatic nitrogens is 1. The van der Waals surface area contributed by atoms with Crippen molar-refractivity contribution in [3.05, 3.63) is 48.2 Å². The summed E-state index contributed by atoms with van der Waals surface area (Å²) < 4.78 is 2.30. The van der Waals surface area contributed by atoms with Crippen molar-refractivity contribution < 1.29 is 0 Å². The standard InChI is InChI=1S/C14H16BN/c1-4-8-11-12-9-6-7-10-14(12)16(15-3)13(11)5-2/h4-10,15H,2H2,1,3H3/b8-4-. The van der Waals surface area contributed by atoms with Gasteiger partial charge < -0.3 is 4.48 Å². The first-order valence-corrected chi connectivity index (χ1v) is 5.69. The molecule has 0 aliphatic carbocycles. The van der Waals surface area contributed by atoms with Gasteiger partial charge in [0.05, 0.1) is 0 Å². The lowest BCUT2D eigenvalue weighted by Crippen LogP contribution is -2.03. The summed E-state index contributed by atoms with van der Waals surface area (Å²) in [4.78, 5) is 0. The van der Waals surface area contributed by atoms with E-state index in [1.54, 1.807) is 0 Å². The second-order valence-corrected chi connectivity index (χ2v) is 3.76. The predicted octanol–water partition coefficient (Wildman–Crippen LogP) is 3.57. The first kappa shape index (κ1) is 10.8. The molecule has 0 radical (unpaired) electrons. The van der Waals surface area contributed by atoms with E-state index in [0.29, 0.717) is 0 Å². The second kappa shape index (κ2) is 4.44. The summed E-state index contributed by atoms with van der Waals surface area (Å²) in [6.07, 6.45) is 6.18. The third-order valence-corrected chi connectivity index (χ3v) is 2.89. The second-order valence-electron chi connectivity index (χ2n) is 3.76. The van der Waals surface area contributed by atoms with Gasteiger partial charge in [-0.2, -0.15) is 0 Å². The van der Waals surface area contributed by atoms with Gasteiger partial charge in [0.2, 0.25) is 7.41 Å². The third-order valence-electron chi connectivity index (χ3n) is 2.89. The minimum absolute atomic E-state index is 0.972. The van der Waals surface area contributed by atoms with Gasteiger partial charge in [-0.05, 0) is 19.1 Å². The molecule has 0 saturated heterocycles. The van der Waals surface area contributed by atoms with Crippen LogP contribution in [0.2, 0.25) is 6.82 Å². The molecular weight excluding hydrogens is 193 g/mol. The molecule has 1 aromatic heterocycles. The van der Waals surface area contributed by atoms with Crippen LogP contribution in [0.15, 0.2) is 36.9 Å². The Balaban J connectivity index is 2.89. The van der Waals surface area contributed by atoms with Crippen LogP contribution in [0.3, 0.4) is 0 Å². The Bertz CT molecular complexity index is 549. The molecule has 1 aromatic carbocycles. The summed E-state index contributed by atoms with van der Waals surface area (Å²) in [5.74, 6) is 0. The zero-order chi connectivity index (χ0) is 11.5. The number of para-hydroxylation sites is 1. The quantitative estimate of drug-likeness (QED) is 0.681. The summed E-state index contributed by atoms with van der Waals surface area (Å²) in [6, 6.07) is 8.51. The molecule has 16 heavy (non-hydrogen) atoms. The molecule has 0 amide bonds. The normalized spacial score (nSPS) is 11.1. The first-order chi connectivity index (χ1) is 7.83. The van der Waals surface area contributed by atoms with Crippen molar-refractivity contribution in [3.63, 3.8) is 0 Å². The number of fused-ring (bicyclic) bond motifs is 1. The van der Waals surface area contributed by atoms with Gasteiger partial charge in [-0.1, -0.05) is 43.8 Å². The Morgan fingerprint density at radius 2 is 2.06 bits per heavy atom. The van der Waals surface area contributed by atoms with E-state index in [2.05, 4.69) is 54.3 Å². The van der Waals surface area contributed by atoms with Crippen molar-refractivity contribution >= 4 is 30.5 Å². The lowest BCUT2D eigenvalue weighted by Gasteiger charge is -2.03. The highest BCUT2D eigenvalue weighted by Gasteiger charge is 2.10. The molecule has 0 saturated carbocycles. The smallest absolute Gasteiger partial charge is 0.239 e. The summed E-state index contributed by atoms with van der Waals surface area (Å²) >= 11 is 0. The van der Waals surface area contributed by atoms with Crippen LogP contribution in [0.5, 0.6) is 0 Å². The molecule has 0 fully saturated rings. The fourth-order valence-corrected chi connectivity index (χ4v) is 2.25. The topological polar surface area (TPSA) is 4.93 Å². The highest BCUT2D eigenvalue weighted by molar-refractivity contribution is 6.34. The maximum absolute atomic E-state index is 3.92. The molecule has 0 aliphatic rings. The fourth-order valence-electron chi connectivity index (χ4n) is 2.25. The molecule has 0 bridgehead atoms. The molecule has 1 heterocycles. The summed E-state index contributed by atoms with van der Waals surface area (Å²) in [5, 5.41) is 1.30. The Morgan fingerprint density at radius 3 is 2.69 bits per heavy atom. The van der Waals surface area contributed by atoms with E-state index in [9.17, 15) is 0 Å². The van der Waals surface area contributed by atoms with E-state index in [0.717, 1.165) is 7.41 Å². The number of hydrogen-bond donors (Lipinski definition) is 0. The minimum Gasteiger partial charge on any atom is -0.389 e. The number of rotatable bonds is 3. The largest absolute Gasteiger partial charge is 0.389 e. The van der Waals surface area contributed by atoms with E-state index < -0.39 is 0 Å². The highest BCUT2D eigenvalue weighted by atomic mass is 14.9. The van der Waals surface area contributed by atoms with Crippen molar-refractivity contribution in [3.8, 4) is 0 Å². The fraction of sp³-hybridized carbons (Fsp3) is 0.143. The number of nitrogens with zero attached hydrogens (tertiary/aromatic N) is 1. The zero-order valence-electron chi connectivity index (χ0n) is 9.90. The molecule has 0 unspecified atom stereocenters. The lowest BCUT2D eigenvalue weighted by molar-refractivity contribution is 1.26. The zero-order valence-corrected chi connectivity index (χ0v) is 9.90. The van der Waals surface area contributed by atoms with Crippen LogP contribution in [0.4, 0.5) is 0 Å². The van der Waals surface area contributed by atoms with Gasteiger partial charge in [0.25, 0.3) is 0 Å². The van der Waals surface area contributed by atoms with Crippen molar-refractivity contribution in [1.82, 2.24) is 4.48 Å². The molecular formula is C14H16BN. The van der Waals surface area contributed by atoms with Crippen molar-refractivity contribution in [2.45, 2.75) is 13.7 Å². The Labute approximate surface area is 97.4 Å². The van der Waals surface area contributed by atoms with Crippen molar-refractivity contribution in [2.75, 3.05) is 0 Å². The molecule has 1 nitrogen and oxygen atoms in total. The molecule has 80 valence electrons. The minimum atomic E-state index is 0.972. The first-order valence-electron chi connectivity index (χ1n) is 5.69. The summed E-state index contributed by atoms with van der Waals surface area (Å²) in [6.45, 7) is 8.14. The molecule has 0 spiro atoms. The molecule has 0 atom stereocenters. The number of hydrogen-bond acceptors (Lipinski definition) is 0. The Morgan fingerprint density at radius 1 is 1.31 bits per heavy atom. The molecule has 2 heteroatoms. The van der Waals surface area contributed by atoms with Crippen LogP contribution >= 0.6 is 0 Å². The van der Waals surface area contributed by atoms with E-state index in [4.69, 9.17) is 0 Å². The van der Waals surface area contributed by atoms with Gasteiger partial charge in [-0.15, -0.1) is 0 Å². The molecule has 0 aliphatic heterocycles. The average Bonchev–Trinajstić information content (AvgIpc) is 2.63. The Hall–Kier alpha value is -1.70. The van der Waals surface area contributed by atoms with Crippen LogP contribution in [-0.4, -0.2) is 11.9 Å². The van der Waals surface area contributed by atoms with E-state index >= 15 is 0 Å². The SMILES string of the molecule is C=Cc1c(/C=C\C)c2ccccc2n1BC. The highest BCUT2D eigenvalue weighted by Crippen LogP contribution is 2.27. The molecule has 0 N–H and O–H groups in total. The van der Waals surface area contributed by atoms with Crippen LogP contribution in [0.25, 0.3) is 23.1 Å². The van der Waals surface area contributed by atoms with Gasteiger partial charge in [0.15, 0.2) is 0 Å². The van der Waals surface area contributed by atoms with Gasteiger partial charge >= 0.3 is 0 Å². The molecule has 2 rings (SSSR count). The van der Waals surface area contributed by atoms with E-state index in [-0.39, 0.29) is 0 Å². The van der Waals surface area contributed by atoms with Gasteiger partial charge in [0, 0.05) is 22.2 Å². The number of benzene rings is 1. The lowest BCUT2D eigenvalue weighted by atomic mass is 9.98. The molecule has 2 aromatic rings. The average molecular weight is 209 g/mol. The maximum Gasteiger partial charge on any atom is 0.239 e. The van der Waals surface area contributed by atoms with Crippen LogP contribution in [0.1, 0.15) is 18.2 Å². The number of allylic oxidation sites excluding steroid dienone is 1. The van der Waals surface area contributed by atoms with Crippen molar-refractivity contribution in [1.29, 1.82) is 0 Å². The van der Waals surface area contributed by atoms with E-state index in [1.165, 1.54) is 22.2 Å². The monoisotopic (exact) mass is 209 g/mol. The maximum atomic E-state index is 3.92. The van der Waals surface area contributed by atoms with Crippen LogP contribution < -0.4 is 0 Å². The third kappa shape index (κ3) is 1.51. The van der Waals surface area contributed by atoms with Gasteiger partial charge in [0.1, 0.15) is 0 Å². The van der Waals surface area contributed by atoms with E-state index in [1.807, 2.05) is 13.0 Å². The van der Waals surface area contributed by atoms with Crippen LogP contribution in [0, 0.1) is 0 Å². The summed E-state index contributed by atoms with van der Waals surface area (Å²) in [5.41, 5.74) is 3.77. The van der Waals surface area contributed by atoms with Crippen LogP contribution in [-0.2, 0) is 0 Å².